The molecule has 1 amide bonds. The summed E-state index contributed by atoms with van der Waals surface area (Å²) in [4.78, 5) is 33.1. The Morgan fingerprint density at radius 2 is 2.30 bits per heavy atom. The average Bonchev–Trinajstić information content (AvgIpc) is 2.71. The number of esters is 1. The highest BCUT2D eigenvalue weighted by Gasteiger charge is 2.37. The van der Waals surface area contributed by atoms with E-state index in [2.05, 4.69) is 15.0 Å². The standard InChI is InChI=1S/C15H17N5O3/c1-23-15(22)10-3-5-11-4-2-9-6-13(18-19-16)17-7-12(9)14(21)20(11)8-10/h6-7,10-11H,2-5,8H2,1H3/t10-,11-/m0/s1. The first-order chi connectivity index (χ1) is 11.1. The molecule has 8 heteroatoms. The lowest BCUT2D eigenvalue weighted by Crippen LogP contribution is -2.48. The van der Waals surface area contributed by atoms with Gasteiger partial charge < -0.3 is 9.64 Å². The summed E-state index contributed by atoms with van der Waals surface area (Å²) in [7, 11) is 1.37. The van der Waals surface area contributed by atoms with E-state index in [1.54, 1.807) is 11.0 Å². The first-order valence-electron chi connectivity index (χ1n) is 7.57. The summed E-state index contributed by atoms with van der Waals surface area (Å²) in [6, 6.07) is 1.79. The molecule has 1 saturated heterocycles. The third-order valence-electron chi connectivity index (χ3n) is 4.60. The van der Waals surface area contributed by atoms with Crippen LogP contribution in [0.5, 0.6) is 0 Å². The van der Waals surface area contributed by atoms with Crippen molar-refractivity contribution in [2.45, 2.75) is 31.7 Å². The van der Waals surface area contributed by atoms with Crippen LogP contribution in [0.4, 0.5) is 5.82 Å². The molecule has 2 aliphatic heterocycles. The van der Waals surface area contributed by atoms with E-state index in [9.17, 15) is 9.59 Å². The molecule has 3 rings (SSSR count). The summed E-state index contributed by atoms with van der Waals surface area (Å²) in [5.41, 5.74) is 9.87. The average molecular weight is 315 g/mol. The van der Waals surface area contributed by atoms with Crippen LogP contribution in [0, 0.1) is 5.92 Å². The summed E-state index contributed by atoms with van der Waals surface area (Å²) in [6.45, 7) is 0.383. The Hall–Kier alpha value is -2.60. The maximum absolute atomic E-state index is 12.8. The number of aromatic nitrogens is 1. The zero-order valence-corrected chi connectivity index (χ0v) is 12.8. The molecule has 1 aromatic heterocycles. The SMILES string of the molecule is COC(=O)[C@H]1CC[C@@H]2CCc3cc(N=[N+]=[N-])ncc3C(=O)N2C1. The van der Waals surface area contributed by atoms with Gasteiger partial charge in [-0.25, -0.2) is 0 Å². The highest BCUT2D eigenvalue weighted by molar-refractivity contribution is 5.96. The molecule has 0 radical (unpaired) electrons. The van der Waals surface area contributed by atoms with Crippen molar-refractivity contribution in [2.75, 3.05) is 13.7 Å². The van der Waals surface area contributed by atoms with E-state index in [1.807, 2.05) is 0 Å². The fourth-order valence-electron chi connectivity index (χ4n) is 3.40. The number of carbonyl (C=O) groups is 2. The van der Waals surface area contributed by atoms with Crippen LogP contribution in [-0.4, -0.2) is 41.5 Å². The van der Waals surface area contributed by atoms with Crippen LogP contribution in [0.1, 0.15) is 35.2 Å². The van der Waals surface area contributed by atoms with Crippen molar-refractivity contribution in [2.24, 2.45) is 11.0 Å². The Balaban J connectivity index is 1.90. The van der Waals surface area contributed by atoms with Crippen LogP contribution in [0.2, 0.25) is 0 Å². The van der Waals surface area contributed by atoms with Gasteiger partial charge in [-0.1, -0.05) is 0 Å². The first-order valence-corrected chi connectivity index (χ1v) is 7.57. The maximum atomic E-state index is 12.8. The number of methoxy groups -OCH3 is 1. The lowest BCUT2D eigenvalue weighted by Gasteiger charge is -2.37. The minimum Gasteiger partial charge on any atom is -0.469 e. The second-order valence-corrected chi connectivity index (χ2v) is 5.84. The summed E-state index contributed by atoms with van der Waals surface area (Å²) in [6.07, 6.45) is 4.54. The normalized spacial score (nSPS) is 23.2. The highest BCUT2D eigenvalue weighted by atomic mass is 16.5. The van der Waals surface area contributed by atoms with Crippen LogP contribution in [-0.2, 0) is 16.0 Å². The van der Waals surface area contributed by atoms with E-state index in [0.29, 0.717) is 12.1 Å². The maximum Gasteiger partial charge on any atom is 0.310 e. The van der Waals surface area contributed by atoms with E-state index in [-0.39, 0.29) is 29.7 Å². The minimum atomic E-state index is -0.267. The van der Waals surface area contributed by atoms with Crippen LogP contribution >= 0.6 is 0 Å². The minimum absolute atomic E-state index is 0.115. The molecule has 0 aromatic carbocycles. The zero-order chi connectivity index (χ0) is 16.4. The Morgan fingerprint density at radius 3 is 3.04 bits per heavy atom. The van der Waals surface area contributed by atoms with Crippen LogP contribution in [0.3, 0.4) is 0 Å². The molecule has 1 fully saturated rings. The molecule has 23 heavy (non-hydrogen) atoms. The zero-order valence-electron chi connectivity index (χ0n) is 12.8. The van der Waals surface area contributed by atoms with Gasteiger partial charge in [-0.2, -0.15) is 0 Å². The van der Waals surface area contributed by atoms with E-state index in [0.717, 1.165) is 31.2 Å². The molecule has 0 saturated carbocycles. The van der Waals surface area contributed by atoms with Crippen molar-refractivity contribution in [3.8, 4) is 0 Å². The van der Waals surface area contributed by atoms with Gasteiger partial charge in [0.1, 0.15) is 5.82 Å². The van der Waals surface area contributed by atoms with Crippen molar-refractivity contribution < 1.29 is 14.3 Å². The van der Waals surface area contributed by atoms with Crippen LogP contribution < -0.4 is 0 Å². The van der Waals surface area contributed by atoms with Crippen molar-refractivity contribution in [3.05, 3.63) is 33.8 Å². The van der Waals surface area contributed by atoms with E-state index < -0.39 is 0 Å². The van der Waals surface area contributed by atoms with Gasteiger partial charge in [-0.3, -0.25) is 14.6 Å². The van der Waals surface area contributed by atoms with Crippen molar-refractivity contribution in [3.63, 3.8) is 0 Å². The number of nitrogens with zero attached hydrogens (tertiary/aromatic N) is 5. The summed E-state index contributed by atoms with van der Waals surface area (Å²) < 4.78 is 4.81. The van der Waals surface area contributed by atoms with Gasteiger partial charge in [0.25, 0.3) is 5.91 Å². The summed E-state index contributed by atoms with van der Waals surface area (Å²) in [5.74, 6) is -0.378. The number of ether oxygens (including phenoxy) is 1. The highest BCUT2D eigenvalue weighted by Crippen LogP contribution is 2.32. The molecule has 8 nitrogen and oxygen atoms in total. The van der Waals surface area contributed by atoms with Gasteiger partial charge in [0.15, 0.2) is 0 Å². The number of aryl methyl sites for hydroxylation is 1. The molecular weight excluding hydrogens is 298 g/mol. The lowest BCUT2D eigenvalue weighted by atomic mass is 9.91. The number of hydrogen-bond acceptors (Lipinski definition) is 5. The molecule has 0 bridgehead atoms. The van der Waals surface area contributed by atoms with Crippen molar-refractivity contribution in [1.29, 1.82) is 0 Å². The van der Waals surface area contributed by atoms with E-state index in [1.165, 1.54) is 13.3 Å². The molecule has 0 spiro atoms. The predicted octanol–water partition coefficient (Wildman–Crippen LogP) is 2.36. The molecule has 2 atom stereocenters. The molecule has 0 N–H and O–H groups in total. The predicted molar refractivity (Wildman–Crippen MR) is 80.9 cm³/mol. The molecule has 0 unspecified atom stereocenters. The fourth-order valence-corrected chi connectivity index (χ4v) is 3.40. The number of fused-ring (bicyclic) bond motifs is 2. The molecule has 1 aromatic rings. The summed E-state index contributed by atoms with van der Waals surface area (Å²) in [5, 5.41) is 3.49. The number of amides is 1. The largest absolute Gasteiger partial charge is 0.469 e. The van der Waals surface area contributed by atoms with Gasteiger partial charge in [-0.15, -0.1) is 0 Å². The number of pyridine rings is 1. The fraction of sp³-hybridized carbons (Fsp3) is 0.533. The smallest absolute Gasteiger partial charge is 0.310 e. The summed E-state index contributed by atoms with van der Waals surface area (Å²) >= 11 is 0. The number of piperidine rings is 1. The van der Waals surface area contributed by atoms with Gasteiger partial charge in [0, 0.05) is 23.7 Å². The van der Waals surface area contributed by atoms with Crippen LogP contribution in [0.25, 0.3) is 10.4 Å². The van der Waals surface area contributed by atoms with Gasteiger partial charge in [0.2, 0.25) is 0 Å². The molecule has 0 aliphatic carbocycles. The van der Waals surface area contributed by atoms with Crippen LogP contribution in [0.15, 0.2) is 17.4 Å². The number of carbonyl (C=O) groups excluding carboxylic acids is 2. The first kappa shape index (κ1) is 15.3. The third kappa shape index (κ3) is 2.85. The number of hydrogen-bond donors (Lipinski definition) is 0. The quantitative estimate of drug-likeness (QED) is 0.361. The van der Waals surface area contributed by atoms with E-state index >= 15 is 0 Å². The Labute approximate surface area is 133 Å². The third-order valence-corrected chi connectivity index (χ3v) is 4.60. The Morgan fingerprint density at radius 1 is 1.48 bits per heavy atom. The Kier molecular flexibility index (Phi) is 4.16. The monoisotopic (exact) mass is 315 g/mol. The van der Waals surface area contributed by atoms with E-state index in [4.69, 9.17) is 10.3 Å². The number of azide groups is 1. The molecular formula is C15H17N5O3. The van der Waals surface area contributed by atoms with Crippen molar-refractivity contribution >= 4 is 17.7 Å². The molecule has 3 heterocycles. The van der Waals surface area contributed by atoms with Gasteiger partial charge in [0.05, 0.1) is 18.6 Å². The topological polar surface area (TPSA) is 108 Å². The van der Waals surface area contributed by atoms with Crippen molar-refractivity contribution in [1.82, 2.24) is 9.88 Å². The number of rotatable bonds is 2. The Bertz CT molecular complexity index is 698. The van der Waals surface area contributed by atoms with Gasteiger partial charge >= 0.3 is 5.97 Å². The second-order valence-electron chi connectivity index (χ2n) is 5.84. The molecule has 120 valence electrons. The van der Waals surface area contributed by atoms with Gasteiger partial charge in [-0.05, 0) is 48.0 Å². The second kappa shape index (κ2) is 6.26. The molecule has 2 aliphatic rings. The lowest BCUT2D eigenvalue weighted by molar-refractivity contribution is -0.147.